The maximum atomic E-state index is 5.15. The van der Waals surface area contributed by atoms with E-state index in [1.54, 1.807) is 0 Å². The second-order valence-corrected chi connectivity index (χ2v) is 9.35. The Morgan fingerprint density at radius 2 is 1.65 bits per heavy atom. The smallest absolute Gasteiger partial charge is 0.129 e. The number of aryl methyl sites for hydroxylation is 1. The van der Waals surface area contributed by atoms with E-state index in [2.05, 4.69) is 107 Å². The molecule has 2 aromatic heterocycles. The van der Waals surface area contributed by atoms with Crippen molar-refractivity contribution >= 4 is 27.6 Å². The van der Waals surface area contributed by atoms with Crippen LogP contribution in [-0.4, -0.2) is 47.6 Å². The summed E-state index contributed by atoms with van der Waals surface area (Å²) in [5.41, 5.74) is 7.44. The number of hydrogen-bond acceptors (Lipinski definition) is 3. The van der Waals surface area contributed by atoms with E-state index in [4.69, 9.17) is 4.98 Å². The highest BCUT2D eigenvalue weighted by atomic mass is 15.3. The zero-order chi connectivity index (χ0) is 22.9. The van der Waals surface area contributed by atoms with Gasteiger partial charge in [0.25, 0.3) is 0 Å². The van der Waals surface area contributed by atoms with Gasteiger partial charge in [-0.1, -0.05) is 66.2 Å². The lowest BCUT2D eigenvalue weighted by Crippen LogP contribution is -2.47. The number of hydrogen-bond donors (Lipinski definition) is 1. The fourth-order valence-electron chi connectivity index (χ4n) is 5.10. The molecule has 0 radical (unpaired) electrons. The van der Waals surface area contributed by atoms with Gasteiger partial charge in [0, 0.05) is 60.8 Å². The average molecular weight is 447 g/mol. The molecule has 5 aromatic rings. The highest BCUT2D eigenvalue weighted by Crippen LogP contribution is 2.29. The van der Waals surface area contributed by atoms with Crippen molar-refractivity contribution in [2.45, 2.75) is 13.3 Å². The number of H-pyrrole nitrogens is 1. The van der Waals surface area contributed by atoms with E-state index in [1.807, 2.05) is 0 Å². The molecule has 6 rings (SSSR count). The van der Waals surface area contributed by atoms with Crippen molar-refractivity contribution in [2.24, 2.45) is 0 Å². The van der Waals surface area contributed by atoms with Gasteiger partial charge in [-0.25, -0.2) is 4.98 Å². The van der Waals surface area contributed by atoms with Crippen molar-refractivity contribution < 1.29 is 0 Å². The Labute approximate surface area is 200 Å². The number of nitrogens with one attached hydrogen (secondary N) is 1. The van der Waals surface area contributed by atoms with Gasteiger partial charge in [-0.05, 0) is 42.7 Å². The molecule has 1 aliphatic heterocycles. The largest absolute Gasteiger partial charge is 0.361 e. The molecular formula is C30H30N4. The van der Waals surface area contributed by atoms with E-state index in [0.717, 1.165) is 50.5 Å². The molecule has 3 aromatic carbocycles. The van der Waals surface area contributed by atoms with Crippen LogP contribution in [0.3, 0.4) is 0 Å². The van der Waals surface area contributed by atoms with Crippen LogP contribution in [0.5, 0.6) is 0 Å². The number of aromatic amines is 1. The number of piperazine rings is 1. The molecule has 0 spiro atoms. The standard InChI is InChI=1S/C30H30N4/c1-22-9-11-23(12-10-22)27-7-4-5-24-13-14-29(32-30(24)27)34-19-17-33(18-20-34)16-15-25-21-31-28-8-3-2-6-26(25)28/h2-14,21,31H,15-20H2,1H3. The van der Waals surface area contributed by atoms with Crippen LogP contribution in [0.2, 0.25) is 0 Å². The van der Waals surface area contributed by atoms with Gasteiger partial charge in [0.05, 0.1) is 5.52 Å². The van der Waals surface area contributed by atoms with Gasteiger partial charge in [-0.3, -0.25) is 4.90 Å². The molecule has 1 N–H and O–H groups in total. The second kappa shape index (κ2) is 8.96. The first-order valence-corrected chi connectivity index (χ1v) is 12.2. The van der Waals surface area contributed by atoms with Crippen LogP contribution in [0.25, 0.3) is 32.9 Å². The summed E-state index contributed by atoms with van der Waals surface area (Å²) in [6.07, 6.45) is 3.25. The number of anilines is 1. The minimum absolute atomic E-state index is 1.01. The van der Waals surface area contributed by atoms with Crippen molar-refractivity contribution in [3.63, 3.8) is 0 Å². The molecule has 170 valence electrons. The van der Waals surface area contributed by atoms with Crippen molar-refractivity contribution in [1.29, 1.82) is 0 Å². The van der Waals surface area contributed by atoms with Crippen LogP contribution in [0, 0.1) is 6.92 Å². The molecule has 1 fully saturated rings. The van der Waals surface area contributed by atoms with Crippen LogP contribution in [0.15, 0.2) is 85.1 Å². The zero-order valence-electron chi connectivity index (χ0n) is 19.7. The topological polar surface area (TPSA) is 35.2 Å². The van der Waals surface area contributed by atoms with Gasteiger partial charge >= 0.3 is 0 Å². The Morgan fingerprint density at radius 1 is 0.824 bits per heavy atom. The monoisotopic (exact) mass is 446 g/mol. The van der Waals surface area contributed by atoms with E-state index in [0.29, 0.717) is 0 Å². The van der Waals surface area contributed by atoms with E-state index in [1.165, 1.54) is 38.5 Å². The number of aromatic nitrogens is 2. The second-order valence-electron chi connectivity index (χ2n) is 9.35. The first-order valence-electron chi connectivity index (χ1n) is 12.2. The van der Waals surface area contributed by atoms with E-state index in [9.17, 15) is 0 Å². The summed E-state index contributed by atoms with van der Waals surface area (Å²) in [6, 6.07) is 28.2. The Hall–Kier alpha value is -3.63. The lowest BCUT2D eigenvalue weighted by atomic mass is 10.0. The third-order valence-corrected chi connectivity index (χ3v) is 7.14. The summed E-state index contributed by atoms with van der Waals surface area (Å²) in [6.45, 7) is 7.39. The number of fused-ring (bicyclic) bond motifs is 2. The summed E-state index contributed by atoms with van der Waals surface area (Å²) in [5.74, 6) is 1.09. The zero-order valence-corrected chi connectivity index (χ0v) is 19.7. The molecule has 0 bridgehead atoms. The van der Waals surface area contributed by atoms with Crippen LogP contribution >= 0.6 is 0 Å². The lowest BCUT2D eigenvalue weighted by Gasteiger charge is -2.35. The van der Waals surface area contributed by atoms with Crippen molar-refractivity contribution in [3.8, 4) is 11.1 Å². The van der Waals surface area contributed by atoms with Crippen molar-refractivity contribution in [1.82, 2.24) is 14.9 Å². The molecule has 0 atom stereocenters. The first kappa shape index (κ1) is 20.9. The van der Waals surface area contributed by atoms with Gasteiger partial charge in [-0.15, -0.1) is 0 Å². The fraction of sp³-hybridized carbons (Fsp3) is 0.233. The third kappa shape index (κ3) is 4.06. The van der Waals surface area contributed by atoms with Crippen LogP contribution in [-0.2, 0) is 6.42 Å². The predicted molar refractivity (Wildman–Crippen MR) is 143 cm³/mol. The maximum Gasteiger partial charge on any atom is 0.129 e. The molecule has 3 heterocycles. The van der Waals surface area contributed by atoms with Gasteiger partial charge in [0.15, 0.2) is 0 Å². The maximum absolute atomic E-state index is 5.15. The highest BCUT2D eigenvalue weighted by molar-refractivity contribution is 5.94. The summed E-state index contributed by atoms with van der Waals surface area (Å²) >= 11 is 0. The number of para-hydroxylation sites is 2. The van der Waals surface area contributed by atoms with Crippen molar-refractivity contribution in [2.75, 3.05) is 37.6 Å². The van der Waals surface area contributed by atoms with E-state index in [-0.39, 0.29) is 0 Å². The Bertz CT molecular complexity index is 1430. The normalized spacial score (nSPS) is 14.8. The molecule has 0 aliphatic carbocycles. The molecule has 1 aliphatic rings. The first-order chi connectivity index (χ1) is 16.7. The Kier molecular flexibility index (Phi) is 5.52. The number of pyridine rings is 1. The molecule has 34 heavy (non-hydrogen) atoms. The minimum Gasteiger partial charge on any atom is -0.361 e. The minimum atomic E-state index is 1.01. The Morgan fingerprint density at radius 3 is 2.50 bits per heavy atom. The molecule has 4 nitrogen and oxygen atoms in total. The van der Waals surface area contributed by atoms with Gasteiger partial charge in [0.2, 0.25) is 0 Å². The quantitative estimate of drug-likeness (QED) is 0.357. The molecule has 4 heteroatoms. The highest BCUT2D eigenvalue weighted by Gasteiger charge is 2.19. The third-order valence-electron chi connectivity index (χ3n) is 7.14. The van der Waals surface area contributed by atoms with Gasteiger partial charge in [0.1, 0.15) is 5.82 Å². The lowest BCUT2D eigenvalue weighted by molar-refractivity contribution is 0.260. The van der Waals surface area contributed by atoms with Gasteiger partial charge in [-0.2, -0.15) is 0 Å². The molecule has 0 saturated carbocycles. The number of rotatable bonds is 5. The van der Waals surface area contributed by atoms with E-state index < -0.39 is 0 Å². The summed E-state index contributed by atoms with van der Waals surface area (Å²) in [5, 5.41) is 2.55. The van der Waals surface area contributed by atoms with Crippen LogP contribution in [0.1, 0.15) is 11.1 Å². The SMILES string of the molecule is Cc1ccc(-c2cccc3ccc(N4CCN(CCc5c[nH]c6ccccc56)CC4)nc23)cc1. The Balaban J connectivity index is 1.15. The number of nitrogens with zero attached hydrogens (tertiary/aromatic N) is 3. The van der Waals surface area contributed by atoms with E-state index >= 15 is 0 Å². The van der Waals surface area contributed by atoms with Crippen molar-refractivity contribution in [3.05, 3.63) is 96.2 Å². The van der Waals surface area contributed by atoms with Crippen LogP contribution < -0.4 is 4.90 Å². The fourth-order valence-corrected chi connectivity index (χ4v) is 5.10. The summed E-state index contributed by atoms with van der Waals surface area (Å²) in [7, 11) is 0. The summed E-state index contributed by atoms with van der Waals surface area (Å²) < 4.78 is 0. The molecule has 0 unspecified atom stereocenters. The number of benzene rings is 3. The molecular weight excluding hydrogens is 416 g/mol. The van der Waals surface area contributed by atoms with Crippen LogP contribution in [0.4, 0.5) is 5.82 Å². The molecule has 0 amide bonds. The summed E-state index contributed by atoms with van der Waals surface area (Å²) in [4.78, 5) is 13.6. The van der Waals surface area contributed by atoms with Gasteiger partial charge < -0.3 is 9.88 Å². The predicted octanol–water partition coefficient (Wildman–Crippen LogP) is 6.06. The molecule has 1 saturated heterocycles. The average Bonchev–Trinajstić information content (AvgIpc) is 3.31.